The van der Waals surface area contributed by atoms with Gasteiger partial charge in [0.1, 0.15) is 35.6 Å². The fourth-order valence-corrected chi connectivity index (χ4v) is 9.21. The maximum atomic E-state index is 14.9. The highest BCUT2D eigenvalue weighted by Gasteiger charge is 2.76. The van der Waals surface area contributed by atoms with Crippen molar-refractivity contribution in [2.24, 2.45) is 5.41 Å². The van der Waals surface area contributed by atoms with Gasteiger partial charge in [0.25, 0.3) is 5.91 Å². The Morgan fingerprint density at radius 1 is 0.875 bits per heavy atom. The van der Waals surface area contributed by atoms with E-state index in [0.29, 0.717) is 30.4 Å². The summed E-state index contributed by atoms with van der Waals surface area (Å²) < 4.78 is 19.8. The molecule has 5 aliphatic rings. The zero-order chi connectivity index (χ0) is 38.4. The van der Waals surface area contributed by atoms with E-state index in [4.69, 9.17) is 24.2 Å². The Hall–Kier alpha value is -5.37. The van der Waals surface area contributed by atoms with Crippen LogP contribution in [0.15, 0.2) is 103 Å². The Morgan fingerprint density at radius 3 is 2.39 bits per heavy atom. The van der Waals surface area contributed by atoms with Crippen molar-refractivity contribution < 1.29 is 43.6 Å². The maximum Gasteiger partial charge on any atom is 0.327 e. The molecule has 4 aromatic carbocycles. The monoisotopic (exact) mass is 757 g/mol. The number of hydroxylamine groups is 2. The van der Waals surface area contributed by atoms with Gasteiger partial charge in [0.2, 0.25) is 5.91 Å². The van der Waals surface area contributed by atoms with E-state index in [1.54, 1.807) is 35.4 Å². The minimum absolute atomic E-state index is 0.0934. The average molecular weight is 758 g/mol. The summed E-state index contributed by atoms with van der Waals surface area (Å²) in [5.74, 6) is -2.02. The highest BCUT2D eigenvalue weighted by Crippen LogP contribution is 2.58. The predicted molar refractivity (Wildman–Crippen MR) is 202 cm³/mol. The SMILES string of the molecule is O=C(NCCO)c1cccc(CNC(=O)C23CC4OC(=O)C2N(Cc2ccccc2C=CCc2ccccc2O)OC3C2OC3(Cc5ccccc5C3)OC42)c1. The van der Waals surface area contributed by atoms with Crippen LogP contribution < -0.4 is 10.6 Å². The molecular weight excluding hydrogens is 714 g/mol. The summed E-state index contributed by atoms with van der Waals surface area (Å²) in [4.78, 5) is 48.5. The number of carbonyl (C=O) groups is 3. The molecule has 12 heteroatoms. The molecule has 2 bridgehead atoms. The summed E-state index contributed by atoms with van der Waals surface area (Å²) in [6, 6.07) is 28.9. The molecule has 0 radical (unpaired) electrons. The molecule has 1 spiro atoms. The Kier molecular flexibility index (Phi) is 9.46. The van der Waals surface area contributed by atoms with Crippen LogP contribution >= 0.6 is 0 Å². The number of ether oxygens (including phenoxy) is 3. The van der Waals surface area contributed by atoms with Crippen LogP contribution in [-0.4, -0.2) is 82.5 Å². The molecule has 288 valence electrons. The van der Waals surface area contributed by atoms with Gasteiger partial charge in [0.05, 0.1) is 13.2 Å². The first-order valence-corrected chi connectivity index (χ1v) is 19.1. The number of nitrogens with zero attached hydrogens (tertiary/aromatic N) is 1. The number of aliphatic hydroxyl groups is 1. The smallest absolute Gasteiger partial charge is 0.327 e. The second kappa shape index (κ2) is 14.6. The molecule has 6 atom stereocenters. The number of amides is 2. The third-order valence-electron chi connectivity index (χ3n) is 11.8. The molecular formula is C44H43N3O9. The number of aliphatic hydroxyl groups excluding tert-OH is 1. The summed E-state index contributed by atoms with van der Waals surface area (Å²) in [5, 5.41) is 26.7. The van der Waals surface area contributed by atoms with Crippen LogP contribution in [0.5, 0.6) is 5.75 Å². The summed E-state index contributed by atoms with van der Waals surface area (Å²) in [7, 11) is 0. The molecule has 4 fully saturated rings. The quantitative estimate of drug-likeness (QED) is 0.166. The van der Waals surface area contributed by atoms with E-state index >= 15 is 0 Å². The van der Waals surface area contributed by atoms with Crippen LogP contribution in [0.1, 0.15) is 50.2 Å². The van der Waals surface area contributed by atoms with Crippen molar-refractivity contribution in [1.82, 2.24) is 15.7 Å². The lowest BCUT2D eigenvalue weighted by molar-refractivity contribution is -0.217. The van der Waals surface area contributed by atoms with Gasteiger partial charge in [-0.3, -0.25) is 19.2 Å². The lowest BCUT2D eigenvalue weighted by Gasteiger charge is -2.48. The first-order chi connectivity index (χ1) is 27.3. The molecule has 9 rings (SSSR count). The first kappa shape index (κ1) is 36.3. The van der Waals surface area contributed by atoms with Gasteiger partial charge >= 0.3 is 5.97 Å². The number of nitrogens with one attached hydrogen (secondary N) is 2. The van der Waals surface area contributed by atoms with Gasteiger partial charge in [-0.25, -0.2) is 0 Å². The van der Waals surface area contributed by atoms with Gasteiger partial charge < -0.3 is 35.1 Å². The van der Waals surface area contributed by atoms with Gasteiger partial charge in [0, 0.05) is 37.9 Å². The molecule has 2 aliphatic carbocycles. The number of phenols is 1. The summed E-state index contributed by atoms with van der Waals surface area (Å²) >= 11 is 0. The number of hydrogen-bond donors (Lipinski definition) is 4. The number of benzene rings is 4. The van der Waals surface area contributed by atoms with Crippen molar-refractivity contribution in [2.75, 3.05) is 13.2 Å². The third-order valence-corrected chi connectivity index (χ3v) is 11.8. The number of hydrogen-bond acceptors (Lipinski definition) is 10. The summed E-state index contributed by atoms with van der Waals surface area (Å²) in [6.07, 6.45) is 2.75. The Labute approximate surface area is 324 Å². The molecule has 12 nitrogen and oxygen atoms in total. The largest absolute Gasteiger partial charge is 0.508 e. The second-order valence-electron chi connectivity index (χ2n) is 15.2. The average Bonchev–Trinajstić information content (AvgIpc) is 3.89. The first-order valence-electron chi connectivity index (χ1n) is 19.1. The van der Waals surface area contributed by atoms with Crippen molar-refractivity contribution in [1.29, 1.82) is 0 Å². The molecule has 3 aliphatic heterocycles. The lowest BCUT2D eigenvalue weighted by atomic mass is 9.62. The number of para-hydroxylation sites is 1. The molecule has 3 heterocycles. The van der Waals surface area contributed by atoms with E-state index in [-0.39, 0.29) is 50.2 Å². The van der Waals surface area contributed by atoms with E-state index in [2.05, 4.69) is 22.8 Å². The van der Waals surface area contributed by atoms with Crippen LogP contribution in [0.2, 0.25) is 0 Å². The standard InChI is InChI=1S/C44H43N3O9/c48-20-19-45-40(50)30-17-7-9-27(21-30)25-46-42(52)44-24-35-36-37(55-43(54-36)22-31-12-2-3-13-32(31)23-43)39(44)56-47(38(44)41(51)53-35)26-33-14-4-1-10-28(33)15-8-16-29-11-5-6-18-34(29)49/h1-15,17-18,21,35-39,48-49H,16,19-20,22-26H2,(H,45,50)(H,46,52). The number of allylic oxidation sites excluding steroid dienone is 1. The molecule has 1 saturated carbocycles. The normalized spacial score (nSPS) is 26.9. The van der Waals surface area contributed by atoms with Crippen molar-refractivity contribution in [2.45, 2.75) is 75.0 Å². The van der Waals surface area contributed by atoms with E-state index in [9.17, 15) is 19.5 Å². The fraction of sp³-hybridized carbons (Fsp3) is 0.341. The molecule has 2 amide bonds. The number of aromatic hydroxyl groups is 1. The number of rotatable bonds is 11. The summed E-state index contributed by atoms with van der Waals surface area (Å²) in [6.45, 7) is 0.212. The topological polar surface area (TPSA) is 156 Å². The van der Waals surface area contributed by atoms with Crippen LogP contribution in [0.25, 0.3) is 6.08 Å². The van der Waals surface area contributed by atoms with Crippen LogP contribution in [0, 0.1) is 5.41 Å². The highest BCUT2D eigenvalue weighted by molar-refractivity contribution is 5.95. The van der Waals surface area contributed by atoms with Crippen molar-refractivity contribution >= 4 is 23.9 Å². The van der Waals surface area contributed by atoms with Crippen LogP contribution in [0.3, 0.4) is 0 Å². The van der Waals surface area contributed by atoms with Crippen LogP contribution in [-0.2, 0) is 61.0 Å². The molecule has 4 aromatic rings. The van der Waals surface area contributed by atoms with E-state index in [1.807, 2.05) is 66.7 Å². The van der Waals surface area contributed by atoms with E-state index < -0.39 is 47.6 Å². The van der Waals surface area contributed by atoms with Gasteiger partial charge in [-0.05, 0) is 58.0 Å². The van der Waals surface area contributed by atoms with Crippen LogP contribution in [0.4, 0.5) is 0 Å². The number of esters is 1. The minimum Gasteiger partial charge on any atom is -0.508 e. The van der Waals surface area contributed by atoms with Crippen molar-refractivity contribution in [3.63, 3.8) is 0 Å². The number of carbonyl (C=O) groups excluding carboxylic acids is 3. The van der Waals surface area contributed by atoms with Gasteiger partial charge in [-0.15, -0.1) is 0 Å². The van der Waals surface area contributed by atoms with E-state index in [0.717, 1.165) is 27.8 Å². The van der Waals surface area contributed by atoms with Gasteiger partial charge in [-0.1, -0.05) is 91.0 Å². The molecule has 6 unspecified atom stereocenters. The number of phenolic OH excluding ortho intramolecular Hbond substituents is 1. The van der Waals surface area contributed by atoms with Crippen molar-refractivity contribution in [3.05, 3.63) is 142 Å². The Bertz CT molecular complexity index is 2180. The Balaban J connectivity index is 1.02. The minimum atomic E-state index is -1.38. The highest BCUT2D eigenvalue weighted by atomic mass is 16.8. The van der Waals surface area contributed by atoms with Gasteiger partial charge in [-0.2, -0.15) is 5.06 Å². The predicted octanol–water partition coefficient (Wildman–Crippen LogP) is 3.77. The van der Waals surface area contributed by atoms with Gasteiger partial charge in [0.15, 0.2) is 11.8 Å². The molecule has 56 heavy (non-hydrogen) atoms. The lowest BCUT2D eigenvalue weighted by Crippen LogP contribution is -2.69. The zero-order valence-electron chi connectivity index (χ0n) is 30.6. The molecule has 3 saturated heterocycles. The number of fused-ring (bicyclic) bond motifs is 5. The van der Waals surface area contributed by atoms with E-state index in [1.165, 1.54) is 0 Å². The molecule has 4 N–H and O–H groups in total. The zero-order valence-corrected chi connectivity index (χ0v) is 30.6. The maximum absolute atomic E-state index is 14.9. The Morgan fingerprint density at radius 2 is 1.61 bits per heavy atom. The third kappa shape index (κ3) is 6.37. The van der Waals surface area contributed by atoms with Crippen molar-refractivity contribution in [3.8, 4) is 5.75 Å². The fourth-order valence-electron chi connectivity index (χ4n) is 9.21. The summed E-state index contributed by atoms with van der Waals surface area (Å²) in [5.41, 5.74) is 4.52. The molecule has 0 aromatic heterocycles. The second-order valence-corrected chi connectivity index (χ2v) is 15.2.